The molecule has 1 N–H and O–H groups in total. The summed E-state index contributed by atoms with van der Waals surface area (Å²) in [5.74, 6) is 2.15. The van der Waals surface area contributed by atoms with E-state index in [1.54, 1.807) is 6.92 Å². The van der Waals surface area contributed by atoms with Crippen molar-refractivity contribution in [3.63, 3.8) is 0 Å². The Morgan fingerprint density at radius 1 is 1.21 bits per heavy atom. The molecule has 8 unspecified atom stereocenters. The number of fused-ring (bicyclic) bond motifs is 5. The summed E-state index contributed by atoms with van der Waals surface area (Å²) >= 11 is 0. The molecule has 3 nitrogen and oxygen atoms in total. The van der Waals surface area contributed by atoms with Crippen molar-refractivity contribution >= 4 is 5.78 Å². The van der Waals surface area contributed by atoms with E-state index >= 15 is 0 Å². The van der Waals surface area contributed by atoms with E-state index in [0.29, 0.717) is 36.4 Å². The van der Waals surface area contributed by atoms with Gasteiger partial charge >= 0.3 is 0 Å². The second-order valence-electron chi connectivity index (χ2n) is 9.49. The van der Waals surface area contributed by atoms with Gasteiger partial charge in [0.1, 0.15) is 11.9 Å². The number of rotatable bonds is 1. The SMILES string of the molecule is CC(=O)C1CCC2C3CC=C4CC(O)CC([O])C4(C)C3CCC12C. The summed E-state index contributed by atoms with van der Waals surface area (Å²) in [5, 5.41) is 23.0. The summed E-state index contributed by atoms with van der Waals surface area (Å²) in [6, 6.07) is 0. The fourth-order valence-electron chi connectivity index (χ4n) is 7.34. The largest absolute Gasteiger partial charge is 0.393 e. The van der Waals surface area contributed by atoms with Crippen molar-refractivity contribution in [1.82, 2.24) is 0 Å². The number of hydrogen-bond acceptors (Lipinski definition) is 2. The standard InChI is InChI=1S/C21H31O3/c1-12(22)16-6-7-17-15-5-4-13-10-14(23)11-19(24)21(13,3)18(15)8-9-20(16,17)2/h4,14-19,23H,5-11H2,1-3H3. The van der Waals surface area contributed by atoms with Crippen LogP contribution in [0, 0.1) is 34.5 Å². The van der Waals surface area contributed by atoms with Crippen LogP contribution in [-0.2, 0) is 9.90 Å². The van der Waals surface area contributed by atoms with E-state index in [-0.39, 0.29) is 16.7 Å². The molecule has 0 aromatic carbocycles. The lowest BCUT2D eigenvalue weighted by atomic mass is 9.46. The Labute approximate surface area is 145 Å². The summed E-state index contributed by atoms with van der Waals surface area (Å²) in [4.78, 5) is 12.2. The highest BCUT2D eigenvalue weighted by molar-refractivity contribution is 5.79. The molecule has 0 heterocycles. The van der Waals surface area contributed by atoms with Gasteiger partial charge in [-0.1, -0.05) is 25.5 Å². The molecule has 0 saturated heterocycles. The molecule has 4 rings (SSSR count). The molecular weight excluding hydrogens is 300 g/mol. The lowest BCUT2D eigenvalue weighted by Gasteiger charge is -2.58. The van der Waals surface area contributed by atoms with Crippen LogP contribution in [0.2, 0.25) is 0 Å². The Morgan fingerprint density at radius 2 is 1.96 bits per heavy atom. The Morgan fingerprint density at radius 3 is 2.67 bits per heavy atom. The maximum absolute atomic E-state index is 13.0. The van der Waals surface area contributed by atoms with Gasteiger partial charge in [-0.15, -0.1) is 0 Å². The Hall–Kier alpha value is -0.670. The Kier molecular flexibility index (Phi) is 3.78. The van der Waals surface area contributed by atoms with Crippen LogP contribution in [0.3, 0.4) is 0 Å². The third kappa shape index (κ3) is 2.07. The van der Waals surface area contributed by atoms with Crippen LogP contribution >= 0.6 is 0 Å². The predicted molar refractivity (Wildman–Crippen MR) is 91.7 cm³/mol. The van der Waals surface area contributed by atoms with Crippen LogP contribution in [0.15, 0.2) is 11.6 Å². The van der Waals surface area contributed by atoms with Crippen molar-refractivity contribution in [2.24, 2.45) is 34.5 Å². The van der Waals surface area contributed by atoms with Gasteiger partial charge in [-0.2, -0.15) is 0 Å². The minimum atomic E-state index is -0.685. The first-order chi connectivity index (χ1) is 11.3. The number of aliphatic hydroxyl groups excluding tert-OH is 1. The van der Waals surface area contributed by atoms with Gasteiger partial charge < -0.3 is 5.11 Å². The molecule has 0 aliphatic heterocycles. The van der Waals surface area contributed by atoms with Gasteiger partial charge in [0.2, 0.25) is 0 Å². The third-order valence-corrected chi connectivity index (χ3v) is 8.64. The molecule has 8 atom stereocenters. The predicted octanol–water partition coefficient (Wildman–Crippen LogP) is 3.92. The van der Waals surface area contributed by atoms with E-state index in [1.807, 2.05) is 0 Å². The lowest BCUT2D eigenvalue weighted by Crippen LogP contribution is -2.55. The summed E-state index contributed by atoms with van der Waals surface area (Å²) in [7, 11) is 0. The highest BCUT2D eigenvalue weighted by atomic mass is 16.3. The first-order valence-corrected chi connectivity index (χ1v) is 9.82. The van der Waals surface area contributed by atoms with Crippen LogP contribution in [-0.4, -0.2) is 23.1 Å². The number of Topliss-reactive ketones (excluding diaryl/α,β-unsaturated/α-hetero) is 1. The number of allylic oxidation sites excluding steroid dienone is 1. The fourth-order valence-corrected chi connectivity index (χ4v) is 7.34. The average Bonchev–Trinajstić information content (AvgIpc) is 2.86. The molecule has 4 aliphatic rings. The zero-order chi connectivity index (χ0) is 17.3. The van der Waals surface area contributed by atoms with Crippen LogP contribution in [0.25, 0.3) is 0 Å². The van der Waals surface area contributed by atoms with Crippen molar-refractivity contribution in [1.29, 1.82) is 0 Å². The van der Waals surface area contributed by atoms with Gasteiger partial charge in [0, 0.05) is 17.8 Å². The molecule has 1 radical (unpaired) electrons. The minimum absolute atomic E-state index is 0.140. The van der Waals surface area contributed by atoms with Crippen LogP contribution in [0.1, 0.15) is 65.7 Å². The topological polar surface area (TPSA) is 57.2 Å². The maximum Gasteiger partial charge on any atom is 0.133 e. The lowest BCUT2D eigenvalue weighted by molar-refractivity contribution is -0.136. The molecule has 3 fully saturated rings. The highest BCUT2D eigenvalue weighted by Crippen LogP contribution is 2.66. The van der Waals surface area contributed by atoms with Gasteiger partial charge in [-0.05, 0) is 68.6 Å². The van der Waals surface area contributed by atoms with Gasteiger partial charge in [0.25, 0.3) is 0 Å². The summed E-state index contributed by atoms with van der Waals surface area (Å²) in [6.07, 6.45) is 7.62. The normalized spacial score (nSPS) is 53.6. The van der Waals surface area contributed by atoms with Crippen molar-refractivity contribution < 1.29 is 15.0 Å². The van der Waals surface area contributed by atoms with E-state index in [4.69, 9.17) is 0 Å². The van der Waals surface area contributed by atoms with E-state index in [2.05, 4.69) is 19.9 Å². The van der Waals surface area contributed by atoms with Gasteiger partial charge in [-0.3, -0.25) is 4.79 Å². The van der Waals surface area contributed by atoms with Gasteiger partial charge in [0.15, 0.2) is 0 Å². The number of carbonyl (C=O) groups excluding carboxylic acids is 1. The molecule has 133 valence electrons. The molecule has 0 aromatic rings. The van der Waals surface area contributed by atoms with Crippen LogP contribution in [0.5, 0.6) is 0 Å². The monoisotopic (exact) mass is 331 g/mol. The number of hydrogen-bond donors (Lipinski definition) is 1. The Balaban J connectivity index is 1.69. The smallest absolute Gasteiger partial charge is 0.133 e. The molecule has 0 bridgehead atoms. The average molecular weight is 331 g/mol. The van der Waals surface area contributed by atoms with Crippen molar-refractivity contribution in [3.05, 3.63) is 11.6 Å². The van der Waals surface area contributed by atoms with Gasteiger partial charge in [-0.25, -0.2) is 5.11 Å². The van der Waals surface area contributed by atoms with Crippen molar-refractivity contribution in [2.45, 2.75) is 77.9 Å². The maximum atomic E-state index is 13.0. The molecule has 24 heavy (non-hydrogen) atoms. The van der Waals surface area contributed by atoms with Crippen molar-refractivity contribution in [3.8, 4) is 0 Å². The summed E-state index contributed by atoms with van der Waals surface area (Å²) in [6.45, 7) is 6.29. The van der Waals surface area contributed by atoms with Crippen LogP contribution < -0.4 is 0 Å². The molecule has 3 heteroatoms. The molecular formula is C21H31O3. The number of carbonyl (C=O) groups is 1. The third-order valence-electron chi connectivity index (χ3n) is 8.64. The minimum Gasteiger partial charge on any atom is -0.393 e. The highest BCUT2D eigenvalue weighted by Gasteiger charge is 2.61. The van der Waals surface area contributed by atoms with Crippen molar-refractivity contribution in [2.75, 3.05) is 0 Å². The second kappa shape index (κ2) is 5.41. The first kappa shape index (κ1) is 16.8. The van der Waals surface area contributed by atoms with E-state index in [0.717, 1.165) is 32.1 Å². The van der Waals surface area contributed by atoms with E-state index in [1.165, 1.54) is 5.57 Å². The number of ketones is 1. The van der Waals surface area contributed by atoms with E-state index in [9.17, 15) is 15.0 Å². The summed E-state index contributed by atoms with van der Waals surface area (Å²) in [5.41, 5.74) is 1.09. The first-order valence-electron chi connectivity index (χ1n) is 9.82. The zero-order valence-corrected chi connectivity index (χ0v) is 15.3. The van der Waals surface area contributed by atoms with E-state index < -0.39 is 12.2 Å². The summed E-state index contributed by atoms with van der Waals surface area (Å²) < 4.78 is 0. The molecule has 0 aromatic heterocycles. The number of aliphatic hydroxyl groups is 1. The van der Waals surface area contributed by atoms with Gasteiger partial charge in [0.05, 0.1) is 6.10 Å². The quantitative estimate of drug-likeness (QED) is 0.740. The van der Waals surface area contributed by atoms with Crippen LogP contribution in [0.4, 0.5) is 0 Å². The second-order valence-corrected chi connectivity index (χ2v) is 9.49. The fraction of sp³-hybridized carbons (Fsp3) is 0.857. The molecule has 0 spiro atoms. The molecule has 4 aliphatic carbocycles. The molecule has 3 saturated carbocycles. The zero-order valence-electron chi connectivity index (χ0n) is 15.3. The molecule has 0 amide bonds. The Bertz CT molecular complexity index is 582.